The van der Waals surface area contributed by atoms with Crippen LogP contribution in [0.5, 0.6) is 0 Å². The molecule has 3 rings (SSSR count). The summed E-state index contributed by atoms with van der Waals surface area (Å²) in [6.45, 7) is 7.82. The SMILES string of the molecule is C=CC(F)(F)c1cc(CC(=C)CC2(O)CCN(C(O)CC3(N)CCCCC3)CC2)cc(C(F)(F)F)c1. The van der Waals surface area contributed by atoms with Crippen molar-refractivity contribution in [3.8, 4) is 0 Å². The Kier molecular flexibility index (Phi) is 8.70. The summed E-state index contributed by atoms with van der Waals surface area (Å²) >= 11 is 0. The number of allylic oxidation sites excluding steroid dienone is 1. The number of aliphatic hydroxyl groups excluding tert-OH is 1. The Morgan fingerprint density at radius 1 is 1.03 bits per heavy atom. The summed E-state index contributed by atoms with van der Waals surface area (Å²) in [5.41, 5.74) is 3.51. The molecule has 2 fully saturated rings. The molecule has 1 aliphatic carbocycles. The van der Waals surface area contributed by atoms with Gasteiger partial charge in [-0.05, 0) is 68.4 Å². The molecule has 0 amide bonds. The van der Waals surface area contributed by atoms with Crippen LogP contribution in [0.15, 0.2) is 43.0 Å². The Bertz CT molecular complexity index is 933. The van der Waals surface area contributed by atoms with Gasteiger partial charge < -0.3 is 15.9 Å². The second-order valence-electron chi connectivity index (χ2n) is 10.7. The molecule has 1 aromatic carbocycles. The summed E-state index contributed by atoms with van der Waals surface area (Å²) in [7, 11) is 0. The second-order valence-corrected chi connectivity index (χ2v) is 10.7. The average molecular weight is 517 g/mol. The molecule has 1 heterocycles. The molecule has 0 aromatic heterocycles. The Hall–Kier alpha value is -1.81. The minimum atomic E-state index is -4.78. The summed E-state index contributed by atoms with van der Waals surface area (Å²) in [6.07, 6.45) is 1.11. The first kappa shape index (κ1) is 28.8. The maximum Gasteiger partial charge on any atom is 0.416 e. The highest BCUT2D eigenvalue weighted by molar-refractivity contribution is 5.37. The van der Waals surface area contributed by atoms with E-state index in [0.29, 0.717) is 50.1 Å². The second kappa shape index (κ2) is 10.9. The van der Waals surface area contributed by atoms with E-state index in [-0.39, 0.29) is 23.9 Å². The van der Waals surface area contributed by atoms with E-state index in [1.807, 2.05) is 4.90 Å². The zero-order chi connectivity index (χ0) is 26.8. The molecule has 1 aliphatic heterocycles. The predicted molar refractivity (Wildman–Crippen MR) is 129 cm³/mol. The third kappa shape index (κ3) is 7.37. The minimum Gasteiger partial charge on any atom is -0.389 e. The Labute approximate surface area is 209 Å². The Morgan fingerprint density at radius 3 is 2.17 bits per heavy atom. The lowest BCUT2D eigenvalue weighted by atomic mass is 9.79. The lowest BCUT2D eigenvalue weighted by molar-refractivity contribution is -0.137. The van der Waals surface area contributed by atoms with Crippen LogP contribution in [0.3, 0.4) is 0 Å². The summed E-state index contributed by atoms with van der Waals surface area (Å²) in [5.74, 6) is -3.61. The van der Waals surface area contributed by atoms with Gasteiger partial charge in [-0.15, -0.1) is 0 Å². The van der Waals surface area contributed by atoms with Crippen molar-refractivity contribution in [2.24, 2.45) is 5.73 Å². The first-order valence-corrected chi connectivity index (χ1v) is 12.5. The van der Waals surface area contributed by atoms with Crippen molar-refractivity contribution in [2.45, 2.75) is 93.7 Å². The van der Waals surface area contributed by atoms with Gasteiger partial charge in [0.05, 0.1) is 11.2 Å². The lowest BCUT2D eigenvalue weighted by Gasteiger charge is -2.43. The fourth-order valence-corrected chi connectivity index (χ4v) is 5.45. The van der Waals surface area contributed by atoms with E-state index in [9.17, 15) is 32.2 Å². The van der Waals surface area contributed by atoms with Gasteiger partial charge in [-0.3, -0.25) is 4.90 Å². The Balaban J connectivity index is 1.61. The third-order valence-corrected chi connectivity index (χ3v) is 7.58. The highest BCUT2D eigenvalue weighted by Gasteiger charge is 2.38. The van der Waals surface area contributed by atoms with E-state index in [1.54, 1.807) is 0 Å². The van der Waals surface area contributed by atoms with Crippen molar-refractivity contribution in [3.05, 3.63) is 59.7 Å². The number of nitrogens with zero attached hydrogens (tertiary/aromatic N) is 1. The van der Waals surface area contributed by atoms with Crippen molar-refractivity contribution >= 4 is 0 Å². The summed E-state index contributed by atoms with van der Waals surface area (Å²) in [5, 5.41) is 21.8. The standard InChI is InChI=1S/C27H37F5N2O2/c1-3-26(28,29)21-14-20(15-22(16-21)27(30,31)32)13-19(2)17-25(36)9-11-34(12-10-25)23(35)18-24(33)7-5-4-6-8-24/h3,14-16,23,35-36H,1-2,4-13,17-18,33H2. The normalized spacial score (nSPS) is 21.7. The quantitative estimate of drug-likeness (QED) is 0.292. The maximum atomic E-state index is 14.1. The molecule has 202 valence electrons. The molecule has 0 bridgehead atoms. The number of rotatable bonds is 9. The summed E-state index contributed by atoms with van der Waals surface area (Å²) < 4.78 is 68.2. The van der Waals surface area contributed by atoms with Gasteiger partial charge in [0.15, 0.2) is 0 Å². The Morgan fingerprint density at radius 2 is 1.61 bits per heavy atom. The molecule has 4 nitrogen and oxygen atoms in total. The lowest BCUT2D eigenvalue weighted by Crippen LogP contribution is -2.53. The van der Waals surface area contributed by atoms with Gasteiger partial charge in [0.25, 0.3) is 5.92 Å². The number of piperidine rings is 1. The molecule has 0 spiro atoms. The van der Waals surface area contributed by atoms with Crippen molar-refractivity contribution in [2.75, 3.05) is 13.1 Å². The topological polar surface area (TPSA) is 69.7 Å². The number of halogens is 5. The van der Waals surface area contributed by atoms with Gasteiger partial charge in [-0.25, -0.2) is 0 Å². The molecular weight excluding hydrogens is 479 g/mol. The molecular formula is C27H37F5N2O2. The highest BCUT2D eigenvalue weighted by atomic mass is 19.4. The fraction of sp³-hybridized carbons (Fsp3) is 0.630. The van der Waals surface area contributed by atoms with Crippen molar-refractivity contribution in [1.82, 2.24) is 4.90 Å². The van der Waals surface area contributed by atoms with E-state index >= 15 is 0 Å². The summed E-state index contributed by atoms with van der Waals surface area (Å²) in [4.78, 5) is 1.90. The van der Waals surface area contributed by atoms with Crippen LogP contribution < -0.4 is 5.73 Å². The van der Waals surface area contributed by atoms with Crippen LogP contribution in [-0.4, -0.2) is 45.6 Å². The minimum absolute atomic E-state index is 0.0449. The van der Waals surface area contributed by atoms with Gasteiger partial charge in [0.2, 0.25) is 0 Å². The first-order chi connectivity index (χ1) is 16.6. The molecule has 9 heteroatoms. The number of benzene rings is 1. The van der Waals surface area contributed by atoms with E-state index in [0.717, 1.165) is 44.2 Å². The van der Waals surface area contributed by atoms with E-state index in [2.05, 4.69) is 13.2 Å². The first-order valence-electron chi connectivity index (χ1n) is 12.5. The maximum absolute atomic E-state index is 14.1. The van der Waals surface area contributed by atoms with Crippen LogP contribution in [0.2, 0.25) is 0 Å². The number of nitrogens with two attached hydrogens (primary N) is 1. The van der Waals surface area contributed by atoms with E-state index in [4.69, 9.17) is 5.73 Å². The van der Waals surface area contributed by atoms with Crippen LogP contribution in [0.1, 0.15) is 74.5 Å². The molecule has 2 aliphatic rings. The molecule has 1 atom stereocenters. The molecule has 4 N–H and O–H groups in total. The van der Waals surface area contributed by atoms with Gasteiger partial charge in [0, 0.05) is 30.6 Å². The van der Waals surface area contributed by atoms with Crippen LogP contribution >= 0.6 is 0 Å². The van der Waals surface area contributed by atoms with Gasteiger partial charge in [-0.2, -0.15) is 22.0 Å². The van der Waals surface area contributed by atoms with Crippen LogP contribution in [0.4, 0.5) is 22.0 Å². The predicted octanol–water partition coefficient (Wildman–Crippen LogP) is 5.67. The number of aliphatic hydroxyl groups is 2. The van der Waals surface area contributed by atoms with Crippen LogP contribution in [0, 0.1) is 0 Å². The molecule has 1 unspecified atom stereocenters. The number of alkyl halides is 5. The zero-order valence-electron chi connectivity index (χ0n) is 20.6. The van der Waals surface area contributed by atoms with E-state index < -0.39 is 35.1 Å². The molecule has 36 heavy (non-hydrogen) atoms. The molecule has 1 aromatic rings. The van der Waals surface area contributed by atoms with Crippen LogP contribution in [-0.2, 0) is 18.5 Å². The van der Waals surface area contributed by atoms with Crippen LogP contribution in [0.25, 0.3) is 0 Å². The van der Waals surface area contributed by atoms with Crippen molar-refractivity contribution < 1.29 is 32.2 Å². The van der Waals surface area contributed by atoms with Crippen molar-refractivity contribution in [3.63, 3.8) is 0 Å². The fourth-order valence-electron chi connectivity index (χ4n) is 5.45. The van der Waals surface area contributed by atoms with Gasteiger partial charge in [0.1, 0.15) is 6.23 Å². The van der Waals surface area contributed by atoms with Crippen molar-refractivity contribution in [1.29, 1.82) is 0 Å². The smallest absolute Gasteiger partial charge is 0.389 e. The molecule has 1 saturated carbocycles. The number of likely N-dealkylation sites (tertiary alicyclic amines) is 1. The largest absolute Gasteiger partial charge is 0.416 e. The average Bonchev–Trinajstić information content (AvgIpc) is 2.78. The van der Waals surface area contributed by atoms with E-state index in [1.165, 1.54) is 0 Å². The van der Waals surface area contributed by atoms with Gasteiger partial charge >= 0.3 is 6.18 Å². The van der Waals surface area contributed by atoms with Gasteiger partial charge in [-0.1, -0.05) is 38.0 Å². The third-order valence-electron chi connectivity index (χ3n) is 7.58. The zero-order valence-corrected chi connectivity index (χ0v) is 20.6. The number of hydrogen-bond acceptors (Lipinski definition) is 4. The highest BCUT2D eigenvalue weighted by Crippen LogP contribution is 2.38. The number of hydrogen-bond donors (Lipinski definition) is 3. The molecule has 1 saturated heterocycles. The monoisotopic (exact) mass is 516 g/mol. The summed E-state index contributed by atoms with van der Waals surface area (Å²) in [6, 6.07) is 2.30. The molecule has 0 radical (unpaired) electrons.